The molecule has 3 unspecified atom stereocenters. The summed E-state index contributed by atoms with van der Waals surface area (Å²) in [4.78, 5) is 38.7. The van der Waals surface area contributed by atoms with Crippen LogP contribution in [0.5, 0.6) is 0 Å². The fourth-order valence-corrected chi connectivity index (χ4v) is 7.53. The number of unbranched alkanes of at least 4 members (excludes halogenated alkanes) is 2. The lowest BCUT2D eigenvalue weighted by Crippen LogP contribution is -2.45. The van der Waals surface area contributed by atoms with Gasteiger partial charge in [-0.2, -0.15) is 0 Å². The van der Waals surface area contributed by atoms with Gasteiger partial charge in [-0.3, -0.25) is 9.59 Å². The first-order valence-electron chi connectivity index (χ1n) is 18.2. The molecule has 286 valence electrons. The van der Waals surface area contributed by atoms with E-state index in [1.165, 1.54) is 13.4 Å². The summed E-state index contributed by atoms with van der Waals surface area (Å²) < 4.78 is 57.3. The Kier molecular flexibility index (Phi) is 16.3. The molecule has 0 bridgehead atoms. The predicted molar refractivity (Wildman–Crippen MR) is 194 cm³/mol. The van der Waals surface area contributed by atoms with Crippen molar-refractivity contribution in [3.63, 3.8) is 0 Å². The molecular formula is C39H59FO10Si. The van der Waals surface area contributed by atoms with E-state index in [1.54, 1.807) is 36.6 Å². The second-order valence-corrected chi connectivity index (χ2v) is 19.7. The van der Waals surface area contributed by atoms with E-state index in [2.05, 4.69) is 51.6 Å². The zero-order chi connectivity index (χ0) is 37.7. The van der Waals surface area contributed by atoms with E-state index < -0.39 is 74.8 Å². The molecular weight excluding hydrogens is 676 g/mol. The van der Waals surface area contributed by atoms with Crippen LogP contribution in [0.2, 0.25) is 18.1 Å². The summed E-state index contributed by atoms with van der Waals surface area (Å²) in [7, 11) is 0.0873. The molecule has 0 aromatic rings. The Labute approximate surface area is 304 Å². The number of halogens is 1. The van der Waals surface area contributed by atoms with Gasteiger partial charge in [0.25, 0.3) is 5.67 Å². The SMILES string of the molecule is CCCCCC(/C=C/C1[C@@H](CC(=O)C(F)(CCCC(=O)OC)C(=O)OC)[C@@H](O[C@@H]2C=CC=CO2)C[C@H]1O[C@@H]1C=CC=CO1)O[Si](C)(C)C(C)(C)C. The van der Waals surface area contributed by atoms with Crippen LogP contribution in [0.1, 0.15) is 85.5 Å². The first-order chi connectivity index (χ1) is 24.1. The third kappa shape index (κ3) is 12.3. The molecule has 0 amide bonds. The van der Waals surface area contributed by atoms with Crippen LogP contribution in [0, 0.1) is 11.8 Å². The summed E-state index contributed by atoms with van der Waals surface area (Å²) in [6.45, 7) is 13.2. The molecule has 0 spiro atoms. The minimum atomic E-state index is -2.97. The van der Waals surface area contributed by atoms with Crippen molar-refractivity contribution in [3.05, 3.63) is 61.1 Å². The number of hydrogen-bond donors (Lipinski definition) is 0. The van der Waals surface area contributed by atoms with Crippen LogP contribution in [-0.2, 0) is 47.2 Å². The number of alkyl halides is 1. The molecule has 0 aromatic heterocycles. The average Bonchev–Trinajstić information content (AvgIpc) is 3.40. The van der Waals surface area contributed by atoms with Gasteiger partial charge in [0.1, 0.15) is 0 Å². The number of ketones is 1. The minimum absolute atomic E-state index is 0.0108. The summed E-state index contributed by atoms with van der Waals surface area (Å²) in [5.74, 6) is -3.91. The molecule has 8 atom stereocenters. The first kappa shape index (κ1) is 42.4. The summed E-state index contributed by atoms with van der Waals surface area (Å²) >= 11 is 0. The van der Waals surface area contributed by atoms with E-state index in [-0.39, 0.29) is 30.4 Å². The average molecular weight is 735 g/mol. The normalized spacial score (nSPS) is 26.4. The summed E-state index contributed by atoms with van der Waals surface area (Å²) in [6.07, 6.45) is 18.2. The van der Waals surface area contributed by atoms with E-state index in [4.69, 9.17) is 28.1 Å². The topological polar surface area (TPSA) is 116 Å². The molecule has 1 saturated carbocycles. The van der Waals surface area contributed by atoms with Gasteiger partial charge < -0.3 is 32.8 Å². The van der Waals surface area contributed by atoms with Gasteiger partial charge in [0.2, 0.25) is 12.6 Å². The Morgan fingerprint density at radius 2 is 1.55 bits per heavy atom. The largest absolute Gasteiger partial charge is 0.469 e. The lowest BCUT2D eigenvalue weighted by Gasteiger charge is -2.39. The van der Waals surface area contributed by atoms with Gasteiger partial charge in [-0.15, -0.1) is 0 Å². The third-order valence-electron chi connectivity index (χ3n) is 10.2. The molecule has 2 aliphatic heterocycles. The number of esters is 2. The molecule has 3 rings (SSSR count). The number of hydrogen-bond acceptors (Lipinski definition) is 10. The number of allylic oxidation sites excluding steroid dienone is 4. The van der Waals surface area contributed by atoms with E-state index in [0.717, 1.165) is 32.8 Å². The highest BCUT2D eigenvalue weighted by atomic mass is 28.4. The van der Waals surface area contributed by atoms with Crippen molar-refractivity contribution in [2.24, 2.45) is 11.8 Å². The Morgan fingerprint density at radius 3 is 2.08 bits per heavy atom. The number of Topliss-reactive ketones (excluding diaryl/α,β-unsaturated/α-hetero) is 1. The number of carbonyl (C=O) groups excluding carboxylic acids is 3. The third-order valence-corrected chi connectivity index (χ3v) is 14.7. The summed E-state index contributed by atoms with van der Waals surface area (Å²) in [5, 5.41) is -0.0108. The Morgan fingerprint density at radius 1 is 0.922 bits per heavy atom. The Hall–Kier alpha value is -3.06. The highest BCUT2D eigenvalue weighted by Gasteiger charge is 2.52. The molecule has 1 aliphatic carbocycles. The van der Waals surface area contributed by atoms with Gasteiger partial charge >= 0.3 is 11.9 Å². The van der Waals surface area contributed by atoms with Crippen molar-refractivity contribution in [1.29, 1.82) is 0 Å². The first-order valence-corrected chi connectivity index (χ1v) is 21.1. The molecule has 0 saturated heterocycles. The molecule has 12 heteroatoms. The molecule has 0 aromatic carbocycles. The molecule has 0 radical (unpaired) electrons. The smallest absolute Gasteiger partial charge is 0.351 e. The molecule has 10 nitrogen and oxygen atoms in total. The lowest BCUT2D eigenvalue weighted by atomic mass is 9.82. The predicted octanol–water partition coefficient (Wildman–Crippen LogP) is 7.96. The molecule has 2 heterocycles. The fourth-order valence-electron chi connectivity index (χ4n) is 6.23. The maximum absolute atomic E-state index is 16.6. The standard InChI is InChI=1S/C39H59FO10Si/c1-9-10-11-17-28(50-51(7,8)38(2,3)4)21-22-29-30(26-33(41)39(40,37(43)45-6)23-16-18-34(42)44-5)32(49-36-20-13-15-25-47-36)27-31(29)48-35-19-12-14-24-46-35/h12-15,19-22,24-25,28-32,35-36H,9-11,16-18,23,26-27H2,1-8H3/b22-21+/t28?,29?,30-,31-,32+,35-,36-,39?/m1/s1. The van der Waals surface area contributed by atoms with Crippen LogP contribution in [-0.4, -0.2) is 76.8 Å². The van der Waals surface area contributed by atoms with Crippen LogP contribution in [0.4, 0.5) is 4.39 Å². The van der Waals surface area contributed by atoms with Crippen molar-refractivity contribution in [2.75, 3.05) is 14.2 Å². The summed E-state index contributed by atoms with van der Waals surface area (Å²) in [5.41, 5.74) is -2.97. The van der Waals surface area contributed by atoms with Crippen LogP contribution in [0.15, 0.2) is 61.1 Å². The van der Waals surface area contributed by atoms with E-state index >= 15 is 4.39 Å². The van der Waals surface area contributed by atoms with Crippen LogP contribution in [0.3, 0.4) is 0 Å². The molecule has 3 aliphatic rings. The molecule has 51 heavy (non-hydrogen) atoms. The molecule has 0 N–H and O–H groups in total. The van der Waals surface area contributed by atoms with Crippen molar-refractivity contribution in [2.45, 2.75) is 140 Å². The van der Waals surface area contributed by atoms with Crippen LogP contribution in [0.25, 0.3) is 0 Å². The highest BCUT2D eigenvalue weighted by molar-refractivity contribution is 6.74. The number of rotatable bonds is 20. The minimum Gasteiger partial charge on any atom is -0.469 e. The van der Waals surface area contributed by atoms with Crippen molar-refractivity contribution < 1.29 is 51.6 Å². The van der Waals surface area contributed by atoms with Gasteiger partial charge in [-0.1, -0.05) is 71.3 Å². The van der Waals surface area contributed by atoms with Gasteiger partial charge in [0.05, 0.1) is 45.1 Å². The Balaban J connectivity index is 2.03. The summed E-state index contributed by atoms with van der Waals surface area (Å²) in [6, 6.07) is 0. The zero-order valence-corrected chi connectivity index (χ0v) is 32.6. The van der Waals surface area contributed by atoms with Gasteiger partial charge in [0, 0.05) is 37.5 Å². The van der Waals surface area contributed by atoms with Gasteiger partial charge in [-0.25, -0.2) is 9.18 Å². The zero-order valence-electron chi connectivity index (χ0n) is 31.6. The number of methoxy groups -OCH3 is 2. The number of ether oxygens (including phenoxy) is 6. The van der Waals surface area contributed by atoms with E-state index in [0.29, 0.717) is 6.42 Å². The van der Waals surface area contributed by atoms with Gasteiger partial charge in [0.15, 0.2) is 14.1 Å². The Bertz CT molecular complexity index is 1300. The van der Waals surface area contributed by atoms with Crippen molar-refractivity contribution >= 4 is 26.0 Å². The van der Waals surface area contributed by atoms with Crippen molar-refractivity contribution in [3.8, 4) is 0 Å². The van der Waals surface area contributed by atoms with Crippen molar-refractivity contribution in [1.82, 2.24) is 0 Å². The number of carbonyl (C=O) groups is 3. The second kappa shape index (κ2) is 19.7. The quantitative estimate of drug-likeness (QED) is 0.0401. The van der Waals surface area contributed by atoms with Crippen LogP contribution >= 0.6 is 0 Å². The molecule has 1 fully saturated rings. The van der Waals surface area contributed by atoms with E-state index in [1.807, 2.05) is 12.2 Å². The lowest BCUT2D eigenvalue weighted by molar-refractivity contribution is -0.163. The van der Waals surface area contributed by atoms with Gasteiger partial charge in [-0.05, 0) is 55.3 Å². The van der Waals surface area contributed by atoms with Crippen LogP contribution < -0.4 is 0 Å². The maximum Gasteiger partial charge on any atom is 0.351 e. The highest BCUT2D eigenvalue weighted by Crippen LogP contribution is 2.44. The fraction of sp³-hybridized carbons (Fsp3) is 0.667. The second-order valence-electron chi connectivity index (χ2n) is 14.9. The monoisotopic (exact) mass is 734 g/mol. The maximum atomic E-state index is 16.6. The van der Waals surface area contributed by atoms with E-state index in [9.17, 15) is 14.4 Å².